The summed E-state index contributed by atoms with van der Waals surface area (Å²) in [6.07, 6.45) is 0. The average Bonchev–Trinajstić information content (AvgIpc) is 2.74. The SMILES string of the molecule is Cc1ccc(S(=O)(=O)N(C)c2ccc(C(=O)N(C)Cc3ccc(Cl)cc3)cc2)cc1. The van der Waals surface area contributed by atoms with Crippen LogP contribution in [-0.4, -0.2) is 33.3 Å². The lowest BCUT2D eigenvalue weighted by Gasteiger charge is -2.21. The van der Waals surface area contributed by atoms with E-state index in [1.807, 2.05) is 19.1 Å². The summed E-state index contributed by atoms with van der Waals surface area (Å²) in [6, 6.07) is 20.6. The van der Waals surface area contributed by atoms with Crippen molar-refractivity contribution < 1.29 is 13.2 Å². The smallest absolute Gasteiger partial charge is 0.264 e. The Morgan fingerprint density at radius 1 is 0.867 bits per heavy atom. The first-order valence-electron chi connectivity index (χ1n) is 9.34. The van der Waals surface area contributed by atoms with Gasteiger partial charge in [0, 0.05) is 31.2 Å². The molecule has 0 fully saturated rings. The Balaban J connectivity index is 1.74. The second-order valence-electron chi connectivity index (χ2n) is 7.12. The number of hydrogen-bond donors (Lipinski definition) is 0. The predicted molar refractivity (Wildman–Crippen MR) is 120 cm³/mol. The van der Waals surface area contributed by atoms with Gasteiger partial charge >= 0.3 is 0 Å². The first kappa shape index (κ1) is 21.9. The number of nitrogens with zero attached hydrogens (tertiary/aromatic N) is 2. The molecule has 0 unspecified atom stereocenters. The Labute approximate surface area is 182 Å². The molecule has 0 N–H and O–H groups in total. The van der Waals surface area contributed by atoms with E-state index < -0.39 is 10.0 Å². The zero-order valence-corrected chi connectivity index (χ0v) is 18.6. The molecule has 1 amide bonds. The van der Waals surface area contributed by atoms with Gasteiger partial charge in [-0.2, -0.15) is 0 Å². The topological polar surface area (TPSA) is 57.7 Å². The van der Waals surface area contributed by atoms with Crippen molar-refractivity contribution in [2.24, 2.45) is 0 Å². The number of rotatable bonds is 6. The number of carbonyl (C=O) groups excluding carboxylic acids is 1. The lowest BCUT2D eigenvalue weighted by atomic mass is 10.1. The van der Waals surface area contributed by atoms with Gasteiger partial charge < -0.3 is 4.90 Å². The zero-order valence-electron chi connectivity index (χ0n) is 17.0. The molecule has 0 aliphatic rings. The number of sulfonamides is 1. The second kappa shape index (κ2) is 8.90. The van der Waals surface area contributed by atoms with Crippen LogP contribution in [0.5, 0.6) is 0 Å². The number of aryl methyl sites for hydroxylation is 1. The summed E-state index contributed by atoms with van der Waals surface area (Å²) in [7, 11) is -0.456. The number of hydrogen-bond acceptors (Lipinski definition) is 3. The van der Waals surface area contributed by atoms with Crippen molar-refractivity contribution in [2.45, 2.75) is 18.4 Å². The van der Waals surface area contributed by atoms with E-state index in [9.17, 15) is 13.2 Å². The summed E-state index contributed by atoms with van der Waals surface area (Å²) in [6.45, 7) is 2.35. The number of amides is 1. The molecule has 0 aromatic heterocycles. The van der Waals surface area contributed by atoms with Crippen molar-refractivity contribution in [3.05, 3.63) is 94.5 Å². The van der Waals surface area contributed by atoms with Gasteiger partial charge in [0.15, 0.2) is 0 Å². The minimum Gasteiger partial charge on any atom is -0.337 e. The van der Waals surface area contributed by atoms with E-state index in [0.29, 0.717) is 22.8 Å². The predicted octanol–water partition coefficient (Wildman–Crippen LogP) is 4.75. The first-order valence-corrected chi connectivity index (χ1v) is 11.2. The van der Waals surface area contributed by atoms with Crippen LogP contribution < -0.4 is 4.31 Å². The highest BCUT2D eigenvalue weighted by Gasteiger charge is 2.21. The van der Waals surface area contributed by atoms with E-state index in [1.54, 1.807) is 72.6 Å². The fraction of sp³-hybridized carbons (Fsp3) is 0.174. The molecule has 30 heavy (non-hydrogen) atoms. The van der Waals surface area contributed by atoms with Crippen LogP contribution in [0.2, 0.25) is 5.02 Å². The maximum atomic E-state index is 12.8. The number of anilines is 1. The molecule has 3 aromatic carbocycles. The Morgan fingerprint density at radius 2 is 1.43 bits per heavy atom. The van der Waals surface area contributed by atoms with Crippen molar-refractivity contribution in [1.29, 1.82) is 0 Å². The summed E-state index contributed by atoms with van der Waals surface area (Å²) < 4.78 is 26.9. The number of benzene rings is 3. The number of carbonyl (C=O) groups is 1. The second-order valence-corrected chi connectivity index (χ2v) is 9.53. The van der Waals surface area contributed by atoms with Crippen molar-refractivity contribution >= 4 is 33.2 Å². The van der Waals surface area contributed by atoms with Gasteiger partial charge in [-0.1, -0.05) is 41.4 Å². The van der Waals surface area contributed by atoms with Crippen LogP contribution in [0.25, 0.3) is 0 Å². The minimum atomic E-state index is -3.68. The van der Waals surface area contributed by atoms with E-state index >= 15 is 0 Å². The van der Waals surface area contributed by atoms with E-state index in [2.05, 4.69) is 0 Å². The highest BCUT2D eigenvalue weighted by Crippen LogP contribution is 2.23. The molecule has 0 saturated heterocycles. The molecule has 5 nitrogen and oxygen atoms in total. The Bertz CT molecular complexity index is 1130. The van der Waals surface area contributed by atoms with Crippen LogP contribution >= 0.6 is 11.6 Å². The van der Waals surface area contributed by atoms with E-state index in [-0.39, 0.29) is 10.8 Å². The molecule has 7 heteroatoms. The van der Waals surface area contributed by atoms with Gasteiger partial charge in [-0.15, -0.1) is 0 Å². The third-order valence-electron chi connectivity index (χ3n) is 4.84. The van der Waals surface area contributed by atoms with E-state index in [0.717, 1.165) is 11.1 Å². The molecule has 3 rings (SSSR count). The molecule has 0 atom stereocenters. The molecule has 0 saturated carbocycles. The molecular weight excluding hydrogens is 420 g/mol. The van der Waals surface area contributed by atoms with Gasteiger partial charge in [0.25, 0.3) is 15.9 Å². The van der Waals surface area contributed by atoms with Gasteiger partial charge in [-0.3, -0.25) is 9.10 Å². The Morgan fingerprint density at radius 3 is 2.00 bits per heavy atom. The van der Waals surface area contributed by atoms with Gasteiger partial charge in [0.05, 0.1) is 10.6 Å². The third kappa shape index (κ3) is 4.83. The summed E-state index contributed by atoms with van der Waals surface area (Å²) in [5.74, 6) is -0.152. The Kier molecular flexibility index (Phi) is 6.48. The molecule has 0 heterocycles. The van der Waals surface area contributed by atoms with Crippen LogP contribution in [0.4, 0.5) is 5.69 Å². The normalized spacial score (nSPS) is 11.2. The molecular formula is C23H23ClN2O3S. The standard InChI is InChI=1S/C23H23ClN2O3S/c1-17-4-14-22(15-5-17)30(28,29)26(3)21-12-8-19(9-13-21)23(27)25(2)16-18-6-10-20(24)11-7-18/h4-15H,16H2,1-3H3. The monoisotopic (exact) mass is 442 g/mol. The molecule has 0 radical (unpaired) electrons. The van der Waals surface area contributed by atoms with E-state index in [4.69, 9.17) is 11.6 Å². The minimum absolute atomic E-state index is 0.152. The molecule has 3 aromatic rings. The van der Waals surface area contributed by atoms with Crippen molar-refractivity contribution in [3.8, 4) is 0 Å². The van der Waals surface area contributed by atoms with Gasteiger partial charge in [-0.05, 0) is 61.0 Å². The highest BCUT2D eigenvalue weighted by atomic mass is 35.5. The summed E-state index contributed by atoms with van der Waals surface area (Å²) in [5.41, 5.74) is 2.92. The third-order valence-corrected chi connectivity index (χ3v) is 6.89. The fourth-order valence-corrected chi connectivity index (χ4v) is 4.30. The summed E-state index contributed by atoms with van der Waals surface area (Å²) in [4.78, 5) is 14.5. The van der Waals surface area contributed by atoms with Crippen LogP contribution in [0, 0.1) is 6.92 Å². The van der Waals surface area contributed by atoms with Crippen LogP contribution in [-0.2, 0) is 16.6 Å². The zero-order chi connectivity index (χ0) is 21.9. The molecule has 156 valence electrons. The Hall–Kier alpha value is -2.83. The first-order chi connectivity index (χ1) is 14.2. The maximum Gasteiger partial charge on any atom is 0.264 e. The van der Waals surface area contributed by atoms with Crippen molar-refractivity contribution in [3.63, 3.8) is 0 Å². The average molecular weight is 443 g/mol. The quantitative estimate of drug-likeness (QED) is 0.553. The summed E-state index contributed by atoms with van der Waals surface area (Å²) >= 11 is 5.90. The van der Waals surface area contributed by atoms with Crippen LogP contribution in [0.1, 0.15) is 21.5 Å². The fourth-order valence-electron chi connectivity index (χ4n) is 2.98. The van der Waals surface area contributed by atoms with E-state index in [1.165, 1.54) is 11.4 Å². The molecule has 0 spiro atoms. The van der Waals surface area contributed by atoms with Crippen molar-refractivity contribution in [1.82, 2.24) is 4.90 Å². The lowest BCUT2D eigenvalue weighted by molar-refractivity contribution is 0.0785. The highest BCUT2D eigenvalue weighted by molar-refractivity contribution is 7.92. The lowest BCUT2D eigenvalue weighted by Crippen LogP contribution is -2.27. The number of halogens is 1. The van der Waals surface area contributed by atoms with Crippen LogP contribution in [0.15, 0.2) is 77.7 Å². The molecule has 0 bridgehead atoms. The summed E-state index contributed by atoms with van der Waals surface area (Å²) in [5, 5.41) is 0.646. The molecule has 0 aliphatic carbocycles. The van der Waals surface area contributed by atoms with Gasteiger partial charge in [-0.25, -0.2) is 8.42 Å². The molecule has 0 aliphatic heterocycles. The van der Waals surface area contributed by atoms with Gasteiger partial charge in [0.1, 0.15) is 0 Å². The van der Waals surface area contributed by atoms with Crippen molar-refractivity contribution in [2.75, 3.05) is 18.4 Å². The van der Waals surface area contributed by atoms with Gasteiger partial charge in [0.2, 0.25) is 0 Å². The largest absolute Gasteiger partial charge is 0.337 e. The maximum absolute atomic E-state index is 12.8. The van der Waals surface area contributed by atoms with Crippen LogP contribution in [0.3, 0.4) is 0 Å².